The van der Waals surface area contributed by atoms with E-state index in [0.29, 0.717) is 5.16 Å². The van der Waals surface area contributed by atoms with Gasteiger partial charge in [0.05, 0.1) is 11.9 Å². The molecule has 2 rings (SSSR count). The topological polar surface area (TPSA) is 82.5 Å². The summed E-state index contributed by atoms with van der Waals surface area (Å²) >= 11 is 0.940. The largest absolute Gasteiger partial charge is 0.433 e. The molecule has 0 fully saturated rings. The third-order valence-electron chi connectivity index (χ3n) is 1.97. The Labute approximate surface area is 103 Å². The van der Waals surface area contributed by atoms with Gasteiger partial charge in [0, 0.05) is 11.9 Å². The molecule has 0 aliphatic rings. The molecule has 6 nitrogen and oxygen atoms in total. The van der Waals surface area contributed by atoms with Gasteiger partial charge in [0.1, 0.15) is 5.69 Å². The minimum Gasteiger partial charge on any atom is -0.397 e. The molecule has 0 spiro atoms. The lowest BCUT2D eigenvalue weighted by Gasteiger charge is -2.09. The lowest BCUT2D eigenvalue weighted by molar-refractivity contribution is -0.141. The number of pyridine rings is 1. The van der Waals surface area contributed by atoms with E-state index in [1.807, 2.05) is 0 Å². The molecule has 0 bridgehead atoms. The van der Waals surface area contributed by atoms with Crippen LogP contribution in [0.5, 0.6) is 0 Å². The van der Waals surface area contributed by atoms with Crippen molar-refractivity contribution in [3.8, 4) is 0 Å². The quantitative estimate of drug-likeness (QED) is 0.891. The monoisotopic (exact) mass is 276 g/mol. The van der Waals surface area contributed by atoms with Crippen LogP contribution in [0.2, 0.25) is 0 Å². The van der Waals surface area contributed by atoms with Gasteiger partial charge in [0.25, 0.3) is 0 Å². The van der Waals surface area contributed by atoms with Gasteiger partial charge in [-0.3, -0.25) is 0 Å². The van der Waals surface area contributed by atoms with E-state index in [0.717, 1.165) is 24.0 Å². The molecule has 2 aromatic heterocycles. The van der Waals surface area contributed by atoms with Gasteiger partial charge >= 0.3 is 6.18 Å². The van der Waals surface area contributed by atoms with Crippen LogP contribution in [0.25, 0.3) is 0 Å². The van der Waals surface area contributed by atoms with Crippen molar-refractivity contribution in [2.24, 2.45) is 7.05 Å². The van der Waals surface area contributed by atoms with Gasteiger partial charge in [-0.1, -0.05) is 0 Å². The standard InChI is InChI=1S/C8H7F3N6S/c1-17-7(14-15-16-17)18-5-2-6(8(9,10)11)13-3-4(5)12/h2-3H,12H2,1H3. The van der Waals surface area contributed by atoms with Crippen molar-refractivity contribution in [3.63, 3.8) is 0 Å². The van der Waals surface area contributed by atoms with Gasteiger partial charge in [0.15, 0.2) is 0 Å². The fourth-order valence-electron chi connectivity index (χ4n) is 1.10. The minimum atomic E-state index is -4.51. The number of anilines is 1. The molecule has 0 unspecified atom stereocenters. The SMILES string of the molecule is Cn1nnnc1Sc1cc(C(F)(F)F)ncc1N. The van der Waals surface area contributed by atoms with E-state index in [9.17, 15) is 13.2 Å². The number of nitrogens with two attached hydrogens (primary N) is 1. The van der Waals surface area contributed by atoms with Crippen LogP contribution in [0.3, 0.4) is 0 Å². The third-order valence-corrected chi connectivity index (χ3v) is 3.07. The van der Waals surface area contributed by atoms with Crippen LogP contribution in [0.15, 0.2) is 22.3 Å². The Morgan fingerprint density at radius 2 is 2.11 bits per heavy atom. The first-order valence-corrected chi connectivity index (χ1v) is 5.42. The number of aryl methyl sites for hydroxylation is 1. The van der Waals surface area contributed by atoms with Crippen molar-refractivity contribution in [1.82, 2.24) is 25.2 Å². The second-order valence-electron chi connectivity index (χ2n) is 3.29. The predicted molar refractivity (Wildman–Crippen MR) is 56.6 cm³/mol. The number of rotatable bonds is 2. The van der Waals surface area contributed by atoms with E-state index in [1.165, 1.54) is 4.68 Å². The summed E-state index contributed by atoms with van der Waals surface area (Å²) in [6, 6.07) is 0.870. The normalized spacial score (nSPS) is 11.8. The smallest absolute Gasteiger partial charge is 0.397 e. The molecule has 96 valence electrons. The van der Waals surface area contributed by atoms with Crippen molar-refractivity contribution in [2.45, 2.75) is 16.2 Å². The molecule has 2 N–H and O–H groups in total. The Hall–Kier alpha value is -1.84. The molecule has 18 heavy (non-hydrogen) atoms. The summed E-state index contributed by atoms with van der Waals surface area (Å²) < 4.78 is 38.8. The zero-order chi connectivity index (χ0) is 13.3. The Morgan fingerprint density at radius 1 is 1.39 bits per heavy atom. The molecule has 0 aromatic carbocycles. The van der Waals surface area contributed by atoms with E-state index >= 15 is 0 Å². The van der Waals surface area contributed by atoms with Gasteiger partial charge in [0.2, 0.25) is 5.16 Å². The van der Waals surface area contributed by atoms with Crippen molar-refractivity contribution in [2.75, 3.05) is 5.73 Å². The summed E-state index contributed by atoms with van der Waals surface area (Å²) in [5, 5.41) is 10.9. The number of hydrogen-bond acceptors (Lipinski definition) is 6. The highest BCUT2D eigenvalue weighted by molar-refractivity contribution is 7.99. The molecular weight excluding hydrogens is 269 g/mol. The summed E-state index contributed by atoms with van der Waals surface area (Å²) in [6.07, 6.45) is -3.55. The maximum Gasteiger partial charge on any atom is 0.433 e. The summed E-state index contributed by atoms with van der Waals surface area (Å²) in [5.41, 5.74) is 4.70. The molecule has 0 atom stereocenters. The summed E-state index contributed by atoms with van der Waals surface area (Å²) in [4.78, 5) is 3.44. The molecule has 0 saturated heterocycles. The second-order valence-corrected chi connectivity index (χ2v) is 4.30. The molecule has 0 radical (unpaired) electrons. The second kappa shape index (κ2) is 4.44. The first-order valence-electron chi connectivity index (χ1n) is 4.61. The van der Waals surface area contributed by atoms with Crippen molar-refractivity contribution < 1.29 is 13.2 Å². The number of aromatic nitrogens is 5. The van der Waals surface area contributed by atoms with Gasteiger partial charge in [-0.2, -0.15) is 13.2 Å². The van der Waals surface area contributed by atoms with Gasteiger partial charge in [-0.05, 0) is 28.3 Å². The molecular formula is C8H7F3N6S. The number of halogens is 3. The average Bonchev–Trinajstić information content (AvgIpc) is 2.66. The number of nitrogens with zero attached hydrogens (tertiary/aromatic N) is 5. The molecule has 0 aliphatic heterocycles. The zero-order valence-electron chi connectivity index (χ0n) is 9.01. The third kappa shape index (κ3) is 2.53. The lowest BCUT2D eigenvalue weighted by atomic mass is 10.3. The highest BCUT2D eigenvalue weighted by atomic mass is 32.2. The molecule has 2 heterocycles. The molecule has 0 saturated carbocycles. The number of tetrazole rings is 1. The fourth-order valence-corrected chi connectivity index (χ4v) is 1.88. The highest BCUT2D eigenvalue weighted by Crippen LogP contribution is 2.35. The van der Waals surface area contributed by atoms with Crippen molar-refractivity contribution in [1.29, 1.82) is 0 Å². The predicted octanol–water partition coefficient (Wildman–Crippen LogP) is 1.36. The van der Waals surface area contributed by atoms with Gasteiger partial charge in [-0.25, -0.2) is 9.67 Å². The van der Waals surface area contributed by atoms with Crippen LogP contribution in [-0.4, -0.2) is 25.2 Å². The fraction of sp³-hybridized carbons (Fsp3) is 0.250. The van der Waals surface area contributed by atoms with Gasteiger partial charge in [-0.15, -0.1) is 5.10 Å². The van der Waals surface area contributed by atoms with E-state index < -0.39 is 11.9 Å². The average molecular weight is 276 g/mol. The first-order chi connectivity index (χ1) is 8.38. The Balaban J connectivity index is 2.36. The molecule has 0 amide bonds. The van der Waals surface area contributed by atoms with Gasteiger partial charge < -0.3 is 5.73 Å². The zero-order valence-corrected chi connectivity index (χ0v) is 9.83. The van der Waals surface area contributed by atoms with Crippen LogP contribution in [-0.2, 0) is 13.2 Å². The maximum absolute atomic E-state index is 12.5. The first kappa shape index (κ1) is 12.6. The molecule has 2 aromatic rings. The lowest BCUT2D eigenvalue weighted by Crippen LogP contribution is -2.08. The Morgan fingerprint density at radius 3 is 2.67 bits per heavy atom. The molecule has 10 heteroatoms. The summed E-state index contributed by atoms with van der Waals surface area (Å²) in [6.45, 7) is 0. The molecule has 0 aliphatic carbocycles. The number of alkyl halides is 3. The summed E-state index contributed by atoms with van der Waals surface area (Å²) in [5.74, 6) is 0. The Kier molecular flexibility index (Phi) is 3.11. The minimum absolute atomic E-state index is 0.135. The van der Waals surface area contributed by atoms with E-state index in [1.54, 1.807) is 7.05 Å². The van der Waals surface area contributed by atoms with Crippen LogP contribution in [0, 0.1) is 0 Å². The van der Waals surface area contributed by atoms with Crippen LogP contribution in [0.1, 0.15) is 5.69 Å². The summed E-state index contributed by atoms with van der Waals surface area (Å²) in [7, 11) is 1.57. The Bertz CT molecular complexity index is 566. The van der Waals surface area contributed by atoms with E-state index in [-0.39, 0.29) is 10.6 Å². The number of hydrogen-bond donors (Lipinski definition) is 1. The van der Waals surface area contributed by atoms with Crippen molar-refractivity contribution >= 4 is 17.4 Å². The highest BCUT2D eigenvalue weighted by Gasteiger charge is 2.33. The maximum atomic E-state index is 12.5. The van der Waals surface area contributed by atoms with Crippen LogP contribution >= 0.6 is 11.8 Å². The van der Waals surface area contributed by atoms with E-state index in [2.05, 4.69) is 20.5 Å². The van der Waals surface area contributed by atoms with E-state index in [4.69, 9.17) is 5.73 Å². The van der Waals surface area contributed by atoms with Crippen molar-refractivity contribution in [3.05, 3.63) is 18.0 Å². The number of nitrogen functional groups attached to an aromatic ring is 1. The van der Waals surface area contributed by atoms with Crippen LogP contribution < -0.4 is 5.73 Å². The van der Waals surface area contributed by atoms with Crippen LogP contribution in [0.4, 0.5) is 18.9 Å².